The number of nitrogens with zero attached hydrogens (tertiary/aromatic N) is 4. The summed E-state index contributed by atoms with van der Waals surface area (Å²) in [6.07, 6.45) is 0.428. The summed E-state index contributed by atoms with van der Waals surface area (Å²) in [5.41, 5.74) is 3.26. The average molecular weight is 578 g/mol. The summed E-state index contributed by atoms with van der Waals surface area (Å²) in [5, 5.41) is 3.61. The predicted octanol–water partition coefficient (Wildman–Crippen LogP) is 4.87. The number of nitrogens with one attached hydrogen (secondary N) is 1. The van der Waals surface area contributed by atoms with E-state index in [4.69, 9.17) is 9.47 Å². The normalized spacial score (nSPS) is 14.7. The minimum Gasteiger partial charge on any atom is -0.497 e. The van der Waals surface area contributed by atoms with Crippen molar-refractivity contribution in [3.63, 3.8) is 0 Å². The topological polar surface area (TPSA) is 96.9 Å². The van der Waals surface area contributed by atoms with Crippen LogP contribution in [0.1, 0.15) is 37.2 Å². The smallest absolute Gasteiger partial charge is 0.250 e. The van der Waals surface area contributed by atoms with E-state index in [1.165, 1.54) is 11.8 Å². The Labute approximate surface area is 246 Å². The van der Waals surface area contributed by atoms with Crippen LogP contribution in [0, 0.1) is 13.8 Å². The quantitative estimate of drug-likeness (QED) is 0.255. The molecule has 1 aliphatic heterocycles. The summed E-state index contributed by atoms with van der Waals surface area (Å²) in [6.45, 7) is 10.9. The van der Waals surface area contributed by atoms with Gasteiger partial charge in [0.2, 0.25) is 11.8 Å². The predicted molar refractivity (Wildman–Crippen MR) is 163 cm³/mol. The Bertz CT molecular complexity index is 1310. The highest BCUT2D eigenvalue weighted by Gasteiger charge is 2.41. The van der Waals surface area contributed by atoms with Gasteiger partial charge in [0.25, 0.3) is 0 Å². The molecule has 0 saturated carbocycles. The zero-order valence-corrected chi connectivity index (χ0v) is 25.3. The zero-order chi connectivity index (χ0) is 29.4. The number of morpholine rings is 1. The van der Waals surface area contributed by atoms with Gasteiger partial charge in [-0.3, -0.25) is 9.59 Å². The number of ether oxygens (including phenoxy) is 2. The molecule has 9 nitrogen and oxygen atoms in total. The van der Waals surface area contributed by atoms with Gasteiger partial charge in [-0.2, -0.15) is 0 Å². The van der Waals surface area contributed by atoms with E-state index < -0.39 is 5.54 Å². The Kier molecular flexibility index (Phi) is 10.2. The first-order chi connectivity index (χ1) is 19.7. The number of carbonyl (C=O) groups is 2. The van der Waals surface area contributed by atoms with Gasteiger partial charge in [0.05, 0.1) is 26.1 Å². The van der Waals surface area contributed by atoms with Crippen molar-refractivity contribution < 1.29 is 19.1 Å². The molecule has 0 aliphatic carbocycles. The van der Waals surface area contributed by atoms with Crippen molar-refractivity contribution >= 4 is 35.0 Å². The van der Waals surface area contributed by atoms with Crippen LogP contribution in [0.5, 0.6) is 5.75 Å². The van der Waals surface area contributed by atoms with Gasteiger partial charge in [0, 0.05) is 42.4 Å². The lowest BCUT2D eigenvalue weighted by molar-refractivity contribution is -0.143. The number of hydrogen-bond acceptors (Lipinski definition) is 8. The number of carbonyl (C=O) groups excluding carboxylic acids is 2. The summed E-state index contributed by atoms with van der Waals surface area (Å²) in [4.78, 5) is 40.5. The Balaban J connectivity index is 1.54. The molecule has 1 atom stereocenters. The highest BCUT2D eigenvalue weighted by atomic mass is 32.2. The summed E-state index contributed by atoms with van der Waals surface area (Å²) in [7, 11) is 1.61. The van der Waals surface area contributed by atoms with Crippen molar-refractivity contribution in [2.24, 2.45) is 0 Å². The Morgan fingerprint density at radius 3 is 2.27 bits per heavy atom. The van der Waals surface area contributed by atoms with Crippen molar-refractivity contribution in [2.75, 3.05) is 49.4 Å². The van der Waals surface area contributed by atoms with Gasteiger partial charge in [-0.05, 0) is 75.2 Å². The standard InChI is InChI=1S/C31H39N5O4S/c1-6-31(4,29(38)34-25-9-11-26(12-10-25)35-15-17-40-18-16-35)36(20-24-7-13-27(39-5)14-8-24)28(37)21-41-30-32-22(2)19-23(3)33-30/h7-14,19H,6,15-18,20-21H2,1-5H3,(H,34,38). The fraction of sp³-hybridized carbons (Fsp3) is 0.419. The van der Waals surface area contributed by atoms with E-state index in [1.807, 2.05) is 82.3 Å². The van der Waals surface area contributed by atoms with E-state index in [2.05, 4.69) is 20.2 Å². The van der Waals surface area contributed by atoms with Crippen molar-refractivity contribution in [2.45, 2.75) is 51.4 Å². The lowest BCUT2D eigenvalue weighted by Crippen LogP contribution is -2.57. The van der Waals surface area contributed by atoms with E-state index >= 15 is 0 Å². The van der Waals surface area contributed by atoms with Gasteiger partial charge in [-0.15, -0.1) is 0 Å². The fourth-order valence-electron chi connectivity index (χ4n) is 4.73. The Hall–Kier alpha value is -3.63. The van der Waals surface area contributed by atoms with Crippen LogP contribution in [-0.2, 0) is 20.9 Å². The summed E-state index contributed by atoms with van der Waals surface area (Å²) < 4.78 is 10.7. The van der Waals surface area contributed by atoms with E-state index in [1.54, 1.807) is 12.0 Å². The lowest BCUT2D eigenvalue weighted by atomic mass is 9.93. The van der Waals surface area contributed by atoms with Crippen LogP contribution in [0.15, 0.2) is 59.8 Å². The molecule has 0 bridgehead atoms. The Morgan fingerprint density at radius 2 is 1.68 bits per heavy atom. The highest BCUT2D eigenvalue weighted by Crippen LogP contribution is 2.28. The monoisotopic (exact) mass is 577 g/mol. The Morgan fingerprint density at radius 1 is 1.05 bits per heavy atom. The number of hydrogen-bond donors (Lipinski definition) is 1. The summed E-state index contributed by atoms with van der Waals surface area (Å²) in [5.74, 6) is 0.422. The van der Waals surface area contributed by atoms with Crippen LogP contribution in [0.25, 0.3) is 0 Å². The fourth-order valence-corrected chi connectivity index (χ4v) is 5.56. The minimum absolute atomic E-state index is 0.107. The zero-order valence-electron chi connectivity index (χ0n) is 24.5. The molecule has 2 heterocycles. The molecule has 0 radical (unpaired) electrons. The molecule has 1 unspecified atom stereocenters. The van der Waals surface area contributed by atoms with E-state index in [9.17, 15) is 9.59 Å². The molecule has 3 aromatic rings. The van der Waals surface area contributed by atoms with Crippen LogP contribution in [0.4, 0.5) is 11.4 Å². The van der Waals surface area contributed by atoms with Crippen LogP contribution in [0.3, 0.4) is 0 Å². The first kappa shape index (κ1) is 30.3. The SMILES string of the molecule is CCC(C)(C(=O)Nc1ccc(N2CCOCC2)cc1)N(Cc1ccc(OC)cc1)C(=O)CSc1nc(C)cc(C)n1. The third-order valence-corrected chi connectivity index (χ3v) is 8.19. The first-order valence-corrected chi connectivity index (χ1v) is 14.8. The molecule has 2 aromatic carbocycles. The number of methoxy groups -OCH3 is 1. The molecule has 4 rings (SSSR count). The minimum atomic E-state index is -1.11. The molecule has 1 aliphatic rings. The molecule has 1 aromatic heterocycles. The van der Waals surface area contributed by atoms with Crippen LogP contribution < -0.4 is 15.0 Å². The van der Waals surface area contributed by atoms with Gasteiger partial charge >= 0.3 is 0 Å². The lowest BCUT2D eigenvalue weighted by Gasteiger charge is -2.39. The highest BCUT2D eigenvalue weighted by molar-refractivity contribution is 7.99. The second-order valence-electron chi connectivity index (χ2n) is 10.3. The van der Waals surface area contributed by atoms with Crippen molar-refractivity contribution in [3.8, 4) is 5.75 Å². The van der Waals surface area contributed by atoms with Gasteiger partial charge in [-0.25, -0.2) is 9.97 Å². The maximum Gasteiger partial charge on any atom is 0.250 e. The third kappa shape index (κ3) is 7.77. The molecular formula is C31H39N5O4S. The average Bonchev–Trinajstić information content (AvgIpc) is 2.99. The molecule has 41 heavy (non-hydrogen) atoms. The number of rotatable bonds is 11. The molecule has 0 spiro atoms. The van der Waals surface area contributed by atoms with Crippen molar-refractivity contribution in [1.82, 2.24) is 14.9 Å². The van der Waals surface area contributed by atoms with Gasteiger partial charge < -0.3 is 24.6 Å². The van der Waals surface area contributed by atoms with E-state index in [0.29, 0.717) is 30.5 Å². The first-order valence-electron chi connectivity index (χ1n) is 13.8. The summed E-state index contributed by atoms with van der Waals surface area (Å²) >= 11 is 1.28. The number of anilines is 2. The second-order valence-corrected chi connectivity index (χ2v) is 11.2. The maximum atomic E-state index is 13.9. The van der Waals surface area contributed by atoms with Crippen LogP contribution >= 0.6 is 11.8 Å². The van der Waals surface area contributed by atoms with E-state index in [-0.39, 0.29) is 24.1 Å². The van der Waals surface area contributed by atoms with Crippen molar-refractivity contribution in [3.05, 3.63) is 71.5 Å². The van der Waals surface area contributed by atoms with Gasteiger partial charge in [-0.1, -0.05) is 30.8 Å². The number of aromatic nitrogens is 2. The van der Waals surface area contributed by atoms with E-state index in [0.717, 1.165) is 41.5 Å². The molecule has 1 N–H and O–H groups in total. The van der Waals surface area contributed by atoms with Crippen molar-refractivity contribution in [1.29, 1.82) is 0 Å². The summed E-state index contributed by atoms with van der Waals surface area (Å²) in [6, 6.07) is 17.3. The van der Waals surface area contributed by atoms with Gasteiger partial charge in [0.15, 0.2) is 5.16 Å². The molecule has 10 heteroatoms. The molecular weight excluding hydrogens is 538 g/mol. The molecule has 1 fully saturated rings. The molecule has 1 saturated heterocycles. The number of aryl methyl sites for hydroxylation is 2. The third-order valence-electron chi connectivity index (χ3n) is 7.36. The number of benzene rings is 2. The molecule has 2 amide bonds. The number of amides is 2. The maximum absolute atomic E-state index is 13.9. The van der Waals surface area contributed by atoms with Gasteiger partial charge in [0.1, 0.15) is 11.3 Å². The van der Waals surface area contributed by atoms with Crippen LogP contribution in [0.2, 0.25) is 0 Å². The molecule has 218 valence electrons. The largest absolute Gasteiger partial charge is 0.497 e. The van der Waals surface area contributed by atoms with Crippen LogP contribution in [-0.4, -0.2) is 71.4 Å². The second kappa shape index (κ2) is 13.8. The number of thioether (sulfide) groups is 1.